The lowest BCUT2D eigenvalue weighted by Crippen LogP contribution is -1.95. The van der Waals surface area contributed by atoms with E-state index in [-0.39, 0.29) is 0 Å². The lowest BCUT2D eigenvalue weighted by atomic mass is 9.86. The molecule has 0 saturated heterocycles. The van der Waals surface area contributed by atoms with Gasteiger partial charge in [-0.25, -0.2) is 0 Å². The first kappa shape index (κ1) is 39.9. The highest BCUT2D eigenvalue weighted by Crippen LogP contribution is 2.45. The average molecular weight is 889 g/mol. The van der Waals surface area contributed by atoms with Crippen molar-refractivity contribution in [1.82, 2.24) is 9.13 Å². The molecule has 0 saturated carbocycles. The molecule has 2 heterocycles. The molecule has 0 aliphatic heterocycles. The van der Waals surface area contributed by atoms with Gasteiger partial charge in [0.15, 0.2) is 0 Å². The monoisotopic (exact) mass is 888 g/mol. The van der Waals surface area contributed by atoms with Crippen LogP contribution in [0.3, 0.4) is 0 Å². The van der Waals surface area contributed by atoms with Gasteiger partial charge < -0.3 is 9.13 Å². The Labute approximate surface area is 406 Å². The van der Waals surface area contributed by atoms with Crippen molar-refractivity contribution in [2.75, 3.05) is 0 Å². The standard InChI is InChI=1S/C68H44N2/c1-3-16-45(17-4-1)49-20-15-21-50(42-49)52-35-41-66-62(44-52)61-43-51(46-30-36-53(37-31-46)69-63-28-13-11-22-55(63)56-23-12-14-29-64(56)69)34-40-65(61)70(66)54-38-32-48(33-39-54)68-59-26-9-7-24-57(59)67(47-18-5-2-6-19-47)58-25-8-10-27-60(58)68/h1-44H. The molecule has 0 aliphatic carbocycles. The van der Waals surface area contributed by atoms with Gasteiger partial charge in [-0.15, -0.1) is 0 Å². The summed E-state index contributed by atoms with van der Waals surface area (Å²) in [5.41, 5.74) is 19.2. The first-order chi connectivity index (χ1) is 34.7. The van der Waals surface area contributed by atoms with Crippen LogP contribution in [0.1, 0.15) is 0 Å². The molecule has 0 bridgehead atoms. The number of hydrogen-bond donors (Lipinski definition) is 0. The van der Waals surface area contributed by atoms with Crippen LogP contribution in [0.4, 0.5) is 0 Å². The van der Waals surface area contributed by atoms with Crippen molar-refractivity contribution in [2.45, 2.75) is 0 Å². The van der Waals surface area contributed by atoms with E-state index in [1.54, 1.807) is 0 Å². The molecular formula is C68H44N2. The molecule has 0 fully saturated rings. The number of para-hydroxylation sites is 2. The van der Waals surface area contributed by atoms with Crippen molar-refractivity contribution >= 4 is 65.2 Å². The number of hydrogen-bond acceptors (Lipinski definition) is 0. The number of benzene rings is 12. The fourth-order valence-corrected chi connectivity index (χ4v) is 11.3. The zero-order valence-corrected chi connectivity index (χ0v) is 38.3. The van der Waals surface area contributed by atoms with E-state index in [0.717, 1.165) is 11.4 Å². The summed E-state index contributed by atoms with van der Waals surface area (Å²) in [6, 6.07) is 98.0. The Bertz CT molecular complexity index is 4200. The highest BCUT2D eigenvalue weighted by molar-refractivity contribution is 6.21. The van der Waals surface area contributed by atoms with E-state index in [4.69, 9.17) is 0 Å². The van der Waals surface area contributed by atoms with Gasteiger partial charge in [-0.1, -0.05) is 200 Å². The van der Waals surface area contributed by atoms with E-state index in [9.17, 15) is 0 Å². The van der Waals surface area contributed by atoms with Crippen LogP contribution in [0.25, 0.3) is 132 Å². The summed E-state index contributed by atoms with van der Waals surface area (Å²) in [6.45, 7) is 0. The van der Waals surface area contributed by atoms with Gasteiger partial charge in [-0.2, -0.15) is 0 Å². The van der Waals surface area contributed by atoms with E-state index in [2.05, 4.69) is 276 Å². The predicted molar refractivity (Wildman–Crippen MR) is 297 cm³/mol. The van der Waals surface area contributed by atoms with Crippen LogP contribution in [-0.4, -0.2) is 9.13 Å². The topological polar surface area (TPSA) is 9.86 Å². The summed E-state index contributed by atoms with van der Waals surface area (Å²) >= 11 is 0. The Morgan fingerprint density at radius 2 is 0.471 bits per heavy atom. The van der Waals surface area contributed by atoms with Crippen LogP contribution in [0.15, 0.2) is 267 Å². The van der Waals surface area contributed by atoms with Crippen molar-refractivity contribution in [3.63, 3.8) is 0 Å². The quantitative estimate of drug-likeness (QED) is 0.141. The van der Waals surface area contributed by atoms with E-state index < -0.39 is 0 Å². The molecule has 0 radical (unpaired) electrons. The molecule has 70 heavy (non-hydrogen) atoms. The van der Waals surface area contributed by atoms with Crippen LogP contribution >= 0.6 is 0 Å². The van der Waals surface area contributed by atoms with E-state index in [0.29, 0.717) is 0 Å². The van der Waals surface area contributed by atoms with Gasteiger partial charge in [-0.05, 0) is 144 Å². The fraction of sp³-hybridized carbons (Fsp3) is 0. The van der Waals surface area contributed by atoms with Gasteiger partial charge in [0, 0.05) is 32.9 Å². The molecule has 326 valence electrons. The van der Waals surface area contributed by atoms with Crippen molar-refractivity contribution in [2.24, 2.45) is 0 Å². The molecule has 0 atom stereocenters. The van der Waals surface area contributed by atoms with Crippen molar-refractivity contribution in [3.8, 4) is 67.0 Å². The van der Waals surface area contributed by atoms with Gasteiger partial charge in [0.05, 0.1) is 22.1 Å². The molecule has 0 unspecified atom stereocenters. The second kappa shape index (κ2) is 16.2. The number of aromatic nitrogens is 2. The number of rotatable bonds is 7. The molecule has 0 spiro atoms. The highest BCUT2D eigenvalue weighted by atomic mass is 15.0. The van der Waals surface area contributed by atoms with Crippen LogP contribution in [0.2, 0.25) is 0 Å². The Hall–Kier alpha value is -9.24. The molecule has 14 rings (SSSR count). The first-order valence-corrected chi connectivity index (χ1v) is 24.2. The maximum atomic E-state index is 2.45. The van der Waals surface area contributed by atoms with Crippen molar-refractivity contribution < 1.29 is 0 Å². The maximum absolute atomic E-state index is 2.45. The summed E-state index contributed by atoms with van der Waals surface area (Å²) in [7, 11) is 0. The maximum Gasteiger partial charge on any atom is 0.0541 e. The normalized spacial score (nSPS) is 11.7. The van der Waals surface area contributed by atoms with Crippen LogP contribution in [0.5, 0.6) is 0 Å². The second-order valence-corrected chi connectivity index (χ2v) is 18.4. The van der Waals surface area contributed by atoms with E-state index in [1.165, 1.54) is 121 Å². The molecule has 2 aromatic heterocycles. The molecular weight excluding hydrogens is 845 g/mol. The minimum absolute atomic E-state index is 1.13. The minimum Gasteiger partial charge on any atom is -0.309 e. The van der Waals surface area contributed by atoms with Crippen LogP contribution < -0.4 is 0 Å². The first-order valence-electron chi connectivity index (χ1n) is 24.2. The van der Waals surface area contributed by atoms with Crippen molar-refractivity contribution in [1.29, 1.82) is 0 Å². The van der Waals surface area contributed by atoms with Gasteiger partial charge in [0.2, 0.25) is 0 Å². The van der Waals surface area contributed by atoms with E-state index in [1.807, 2.05) is 0 Å². The van der Waals surface area contributed by atoms with Gasteiger partial charge in [0.1, 0.15) is 0 Å². The summed E-state index contributed by atoms with van der Waals surface area (Å²) < 4.78 is 4.83. The number of fused-ring (bicyclic) bond motifs is 8. The lowest BCUT2D eigenvalue weighted by Gasteiger charge is -2.18. The third kappa shape index (κ3) is 6.42. The largest absolute Gasteiger partial charge is 0.309 e. The van der Waals surface area contributed by atoms with Crippen LogP contribution in [-0.2, 0) is 0 Å². The van der Waals surface area contributed by atoms with Crippen LogP contribution in [0, 0.1) is 0 Å². The molecule has 2 nitrogen and oxygen atoms in total. The van der Waals surface area contributed by atoms with E-state index >= 15 is 0 Å². The Kier molecular flexibility index (Phi) is 9.25. The fourth-order valence-electron chi connectivity index (χ4n) is 11.3. The zero-order valence-electron chi connectivity index (χ0n) is 38.3. The molecule has 14 aromatic rings. The molecule has 0 aliphatic rings. The molecule has 12 aromatic carbocycles. The predicted octanol–water partition coefficient (Wildman–Crippen LogP) is 18.5. The second-order valence-electron chi connectivity index (χ2n) is 18.4. The summed E-state index contributed by atoms with van der Waals surface area (Å²) in [6.07, 6.45) is 0. The Morgan fingerprint density at radius 1 is 0.171 bits per heavy atom. The Morgan fingerprint density at radius 3 is 0.957 bits per heavy atom. The third-order valence-corrected chi connectivity index (χ3v) is 14.5. The zero-order chi connectivity index (χ0) is 46.1. The van der Waals surface area contributed by atoms with Gasteiger partial charge in [0.25, 0.3) is 0 Å². The Balaban J connectivity index is 0.916. The minimum atomic E-state index is 1.13. The van der Waals surface area contributed by atoms with Crippen molar-refractivity contribution in [3.05, 3.63) is 267 Å². The van der Waals surface area contributed by atoms with Gasteiger partial charge in [-0.3, -0.25) is 0 Å². The highest BCUT2D eigenvalue weighted by Gasteiger charge is 2.19. The molecule has 0 amide bonds. The molecule has 0 N–H and O–H groups in total. The summed E-state index contributed by atoms with van der Waals surface area (Å²) in [5.74, 6) is 0. The summed E-state index contributed by atoms with van der Waals surface area (Å²) in [4.78, 5) is 0. The smallest absolute Gasteiger partial charge is 0.0541 e. The molecule has 2 heteroatoms. The third-order valence-electron chi connectivity index (χ3n) is 14.5. The SMILES string of the molecule is c1ccc(-c2cccc(-c3ccc4c(c3)c3cc(-c5ccc(-n6c7ccccc7c7ccccc76)cc5)ccc3n4-c3ccc(-c4c5ccccc5c(-c5ccccc5)c5ccccc45)cc3)c2)cc1. The lowest BCUT2D eigenvalue weighted by molar-refractivity contribution is 1.18. The summed E-state index contributed by atoms with van der Waals surface area (Å²) in [5, 5.41) is 10.0. The van der Waals surface area contributed by atoms with Gasteiger partial charge >= 0.3 is 0 Å². The average Bonchev–Trinajstić information content (AvgIpc) is 3.95. The number of nitrogens with zero attached hydrogens (tertiary/aromatic N) is 2.